The summed E-state index contributed by atoms with van der Waals surface area (Å²) in [6.07, 6.45) is -3.43. The predicted molar refractivity (Wildman–Crippen MR) is 42.8 cm³/mol. The van der Waals surface area contributed by atoms with Crippen LogP contribution in [0.3, 0.4) is 0 Å². The quantitative estimate of drug-likeness (QED) is 0.637. The summed E-state index contributed by atoms with van der Waals surface area (Å²) in [4.78, 5) is 22.2. The summed E-state index contributed by atoms with van der Waals surface area (Å²) < 4.78 is 37.5. The lowest BCUT2D eigenvalue weighted by atomic mass is 10.2. The largest absolute Gasteiger partial charge is 0.478 e. The monoisotopic (exact) mass is 236 g/mol. The molecule has 0 saturated heterocycles. The van der Waals surface area contributed by atoms with Crippen molar-refractivity contribution < 1.29 is 28.0 Å². The number of pyridine rings is 1. The van der Waals surface area contributed by atoms with E-state index in [1.807, 2.05) is 0 Å². The van der Waals surface area contributed by atoms with E-state index in [-0.39, 0.29) is 6.07 Å². The predicted octanol–water partition coefficient (Wildman–Crippen LogP) is 1.76. The number of alkyl halides is 2. The SMILES string of the molecule is O=C(O)c1cc([N+](=O)[O-])nc(C(F)F)c1F. The Balaban J connectivity index is 3.51. The van der Waals surface area contributed by atoms with Crippen molar-refractivity contribution in [2.75, 3.05) is 0 Å². The molecule has 0 aliphatic heterocycles. The Morgan fingerprint density at radius 2 is 2.12 bits per heavy atom. The minimum atomic E-state index is -3.43. The summed E-state index contributed by atoms with van der Waals surface area (Å²) >= 11 is 0. The second-order valence-corrected chi connectivity index (χ2v) is 2.59. The van der Waals surface area contributed by atoms with Crippen molar-refractivity contribution in [1.82, 2.24) is 4.98 Å². The van der Waals surface area contributed by atoms with E-state index >= 15 is 0 Å². The Kier molecular flexibility index (Phi) is 3.06. The molecule has 1 rings (SSSR count). The molecule has 9 heteroatoms. The number of aromatic nitrogens is 1. The number of rotatable bonds is 3. The Morgan fingerprint density at radius 1 is 1.56 bits per heavy atom. The fourth-order valence-electron chi connectivity index (χ4n) is 0.929. The minimum Gasteiger partial charge on any atom is -0.478 e. The molecule has 6 nitrogen and oxygen atoms in total. The number of nitrogens with zero attached hydrogens (tertiary/aromatic N) is 2. The third kappa shape index (κ3) is 2.07. The Bertz CT molecular complexity index is 463. The van der Waals surface area contributed by atoms with Crippen molar-refractivity contribution in [1.29, 1.82) is 0 Å². The van der Waals surface area contributed by atoms with E-state index in [9.17, 15) is 28.1 Å². The number of hydrogen-bond donors (Lipinski definition) is 1. The molecule has 0 aliphatic rings. The van der Waals surface area contributed by atoms with Crippen LogP contribution in [0, 0.1) is 15.9 Å². The van der Waals surface area contributed by atoms with E-state index in [1.165, 1.54) is 0 Å². The first kappa shape index (κ1) is 11.9. The maximum absolute atomic E-state index is 13.1. The van der Waals surface area contributed by atoms with E-state index in [1.54, 1.807) is 0 Å². The molecule has 0 bridgehead atoms. The second-order valence-electron chi connectivity index (χ2n) is 2.59. The molecule has 0 fully saturated rings. The van der Waals surface area contributed by atoms with Gasteiger partial charge >= 0.3 is 18.2 Å². The maximum atomic E-state index is 13.1. The molecular weight excluding hydrogens is 233 g/mol. The van der Waals surface area contributed by atoms with Crippen LogP contribution in [0.4, 0.5) is 19.0 Å². The average Bonchev–Trinajstić information content (AvgIpc) is 2.16. The van der Waals surface area contributed by atoms with Gasteiger partial charge in [-0.15, -0.1) is 0 Å². The molecule has 86 valence electrons. The van der Waals surface area contributed by atoms with E-state index in [2.05, 4.69) is 4.98 Å². The lowest BCUT2D eigenvalue weighted by Crippen LogP contribution is -2.09. The minimum absolute atomic E-state index is 0.281. The van der Waals surface area contributed by atoms with Gasteiger partial charge in [0.1, 0.15) is 5.56 Å². The highest BCUT2D eigenvalue weighted by Gasteiger charge is 2.30. The molecule has 0 aliphatic carbocycles. The standard InChI is InChI=1S/C7H3F3N2O4/c8-4-2(7(13)14)1-3(12(15)16)11-5(4)6(9)10/h1,6H,(H,13,14). The van der Waals surface area contributed by atoms with Crippen LogP contribution >= 0.6 is 0 Å². The van der Waals surface area contributed by atoms with E-state index in [0.717, 1.165) is 0 Å². The number of carboxylic acid groups (broad SMARTS) is 1. The van der Waals surface area contributed by atoms with Crippen molar-refractivity contribution in [2.24, 2.45) is 0 Å². The molecule has 1 N–H and O–H groups in total. The van der Waals surface area contributed by atoms with E-state index in [0.29, 0.717) is 0 Å². The van der Waals surface area contributed by atoms with Gasteiger partial charge in [-0.25, -0.2) is 18.0 Å². The molecule has 16 heavy (non-hydrogen) atoms. The highest BCUT2D eigenvalue weighted by Crippen LogP contribution is 2.25. The first-order chi connectivity index (χ1) is 7.34. The summed E-state index contributed by atoms with van der Waals surface area (Å²) in [5, 5.41) is 18.7. The summed E-state index contributed by atoms with van der Waals surface area (Å²) in [6, 6.07) is 0.281. The Hall–Kier alpha value is -2.19. The van der Waals surface area contributed by atoms with Crippen molar-refractivity contribution in [3.8, 4) is 0 Å². The highest BCUT2D eigenvalue weighted by molar-refractivity contribution is 5.88. The van der Waals surface area contributed by atoms with Crippen molar-refractivity contribution in [3.63, 3.8) is 0 Å². The molecule has 0 unspecified atom stereocenters. The summed E-state index contributed by atoms with van der Waals surface area (Å²) in [6.45, 7) is 0. The maximum Gasteiger partial charge on any atom is 0.365 e. The molecule has 1 aromatic rings. The summed E-state index contributed by atoms with van der Waals surface area (Å²) in [5.74, 6) is -4.80. The van der Waals surface area contributed by atoms with Gasteiger partial charge in [0.05, 0.1) is 6.07 Å². The van der Waals surface area contributed by atoms with Crippen LogP contribution in [-0.2, 0) is 0 Å². The van der Waals surface area contributed by atoms with Crippen LogP contribution in [0.5, 0.6) is 0 Å². The fourth-order valence-corrected chi connectivity index (χ4v) is 0.929. The normalized spacial score (nSPS) is 10.5. The third-order valence-corrected chi connectivity index (χ3v) is 1.59. The van der Waals surface area contributed by atoms with Crippen LogP contribution in [0.2, 0.25) is 0 Å². The van der Waals surface area contributed by atoms with Crippen LogP contribution in [-0.4, -0.2) is 21.0 Å². The zero-order valence-corrected chi connectivity index (χ0v) is 7.35. The lowest BCUT2D eigenvalue weighted by molar-refractivity contribution is -0.389. The molecule has 0 atom stereocenters. The highest BCUT2D eigenvalue weighted by atomic mass is 19.3. The fraction of sp³-hybridized carbons (Fsp3) is 0.143. The number of aromatic carboxylic acids is 1. The number of halogens is 3. The smallest absolute Gasteiger partial charge is 0.365 e. The zero-order valence-electron chi connectivity index (χ0n) is 7.35. The van der Waals surface area contributed by atoms with Crippen molar-refractivity contribution >= 4 is 11.8 Å². The summed E-state index contributed by atoms with van der Waals surface area (Å²) in [5.41, 5.74) is -2.76. The van der Waals surface area contributed by atoms with E-state index < -0.39 is 40.2 Å². The molecule has 1 heterocycles. The van der Waals surface area contributed by atoms with E-state index in [4.69, 9.17) is 5.11 Å². The van der Waals surface area contributed by atoms with Gasteiger partial charge in [0, 0.05) is 0 Å². The number of nitro groups is 1. The molecule has 1 aromatic heterocycles. The topological polar surface area (TPSA) is 93.3 Å². The van der Waals surface area contributed by atoms with Gasteiger partial charge in [-0.2, -0.15) is 0 Å². The van der Waals surface area contributed by atoms with Gasteiger partial charge in [-0.05, 0) is 9.91 Å². The van der Waals surface area contributed by atoms with Gasteiger partial charge in [0.15, 0.2) is 5.82 Å². The Labute approximate surface area is 85.5 Å². The molecule has 0 spiro atoms. The number of hydrogen-bond acceptors (Lipinski definition) is 4. The summed E-state index contributed by atoms with van der Waals surface area (Å²) in [7, 11) is 0. The van der Waals surface area contributed by atoms with Gasteiger partial charge in [0.25, 0.3) is 5.69 Å². The molecule has 0 radical (unpaired) electrons. The number of carbonyl (C=O) groups is 1. The van der Waals surface area contributed by atoms with Gasteiger partial charge in [-0.1, -0.05) is 0 Å². The van der Waals surface area contributed by atoms with Crippen LogP contribution in [0.1, 0.15) is 22.5 Å². The lowest BCUT2D eigenvalue weighted by Gasteiger charge is -2.01. The van der Waals surface area contributed by atoms with Gasteiger partial charge in [-0.3, -0.25) is 0 Å². The van der Waals surface area contributed by atoms with Crippen molar-refractivity contribution in [3.05, 3.63) is 33.3 Å². The first-order valence-electron chi connectivity index (χ1n) is 3.71. The molecule has 0 aromatic carbocycles. The van der Waals surface area contributed by atoms with Crippen LogP contribution in [0.15, 0.2) is 6.07 Å². The Morgan fingerprint density at radius 3 is 2.50 bits per heavy atom. The van der Waals surface area contributed by atoms with Gasteiger partial charge in [0.2, 0.25) is 0 Å². The second kappa shape index (κ2) is 4.13. The first-order valence-corrected chi connectivity index (χ1v) is 3.71. The number of carboxylic acids is 1. The van der Waals surface area contributed by atoms with Crippen LogP contribution < -0.4 is 0 Å². The third-order valence-electron chi connectivity index (χ3n) is 1.59. The zero-order chi connectivity index (χ0) is 12.5. The molecule has 0 saturated carbocycles. The van der Waals surface area contributed by atoms with Crippen molar-refractivity contribution in [2.45, 2.75) is 6.43 Å². The van der Waals surface area contributed by atoms with Gasteiger partial charge < -0.3 is 15.2 Å². The molecule has 0 amide bonds. The average molecular weight is 236 g/mol. The van der Waals surface area contributed by atoms with Crippen LogP contribution in [0.25, 0.3) is 0 Å². The molecular formula is C7H3F3N2O4.